The van der Waals surface area contributed by atoms with Crippen LogP contribution in [-0.2, 0) is 4.74 Å². The van der Waals surface area contributed by atoms with Gasteiger partial charge >= 0.3 is 0 Å². The number of likely N-dealkylation sites (tertiary alicyclic amines) is 1. The smallest absolute Gasteiger partial charge is 0.0675 e. The molecule has 1 aromatic carbocycles. The molecule has 3 heterocycles. The highest BCUT2D eigenvalue weighted by Crippen LogP contribution is 2.38. The van der Waals surface area contributed by atoms with Crippen LogP contribution in [0.3, 0.4) is 0 Å². The van der Waals surface area contributed by atoms with Gasteiger partial charge in [0.15, 0.2) is 0 Å². The Morgan fingerprint density at radius 3 is 2.77 bits per heavy atom. The van der Waals surface area contributed by atoms with Gasteiger partial charge in [-0.2, -0.15) is 5.10 Å². The second kappa shape index (κ2) is 5.52. The summed E-state index contributed by atoms with van der Waals surface area (Å²) in [4.78, 5) is 2.63. The lowest BCUT2D eigenvalue weighted by molar-refractivity contribution is -0.148. The maximum Gasteiger partial charge on any atom is 0.0675 e. The highest BCUT2D eigenvalue weighted by atomic mass is 35.5. The Labute approximate surface area is 135 Å². The zero-order valence-electron chi connectivity index (χ0n) is 12.9. The number of fused-ring (bicyclic) bond motifs is 1. The summed E-state index contributed by atoms with van der Waals surface area (Å²) in [5.74, 6) is 0.548. The Morgan fingerprint density at radius 1 is 1.36 bits per heavy atom. The molecule has 2 aromatic rings. The first-order valence-corrected chi connectivity index (χ1v) is 8.55. The summed E-state index contributed by atoms with van der Waals surface area (Å²) >= 11 is 6.51. The summed E-state index contributed by atoms with van der Waals surface area (Å²) in [5.41, 5.74) is 2.66. The molecule has 22 heavy (non-hydrogen) atoms. The summed E-state index contributed by atoms with van der Waals surface area (Å²) in [6.07, 6.45) is 5.34. The van der Waals surface area contributed by atoms with E-state index in [9.17, 15) is 0 Å². The van der Waals surface area contributed by atoms with Gasteiger partial charge in [0.25, 0.3) is 0 Å². The number of ether oxygens (including phenoxy) is 1. The minimum Gasteiger partial charge on any atom is -0.377 e. The van der Waals surface area contributed by atoms with E-state index in [0.717, 1.165) is 42.2 Å². The molecule has 2 saturated heterocycles. The van der Waals surface area contributed by atoms with Crippen LogP contribution in [0, 0.1) is 0 Å². The fraction of sp³-hybridized carbons (Fsp3) is 0.588. The van der Waals surface area contributed by atoms with Crippen LogP contribution in [0.4, 0.5) is 0 Å². The molecule has 118 valence electrons. The molecule has 2 fully saturated rings. The third kappa shape index (κ3) is 2.25. The first-order chi connectivity index (χ1) is 10.7. The molecule has 0 aliphatic carbocycles. The van der Waals surface area contributed by atoms with Crippen molar-refractivity contribution in [2.75, 3.05) is 26.3 Å². The van der Waals surface area contributed by atoms with Crippen LogP contribution < -0.4 is 0 Å². The minimum absolute atomic E-state index is 0.308. The van der Waals surface area contributed by atoms with Gasteiger partial charge in [0, 0.05) is 10.4 Å². The minimum atomic E-state index is 0.308. The summed E-state index contributed by atoms with van der Waals surface area (Å²) < 4.78 is 5.48. The number of benzene rings is 1. The van der Waals surface area contributed by atoms with Gasteiger partial charge < -0.3 is 4.74 Å². The maximum atomic E-state index is 6.51. The molecule has 2 aliphatic rings. The van der Waals surface area contributed by atoms with E-state index in [4.69, 9.17) is 16.3 Å². The van der Waals surface area contributed by atoms with Gasteiger partial charge in [-0.1, -0.05) is 18.5 Å². The number of piperidine rings is 1. The number of aromatic amines is 1. The van der Waals surface area contributed by atoms with E-state index < -0.39 is 0 Å². The van der Waals surface area contributed by atoms with Crippen LogP contribution >= 0.6 is 11.6 Å². The summed E-state index contributed by atoms with van der Waals surface area (Å²) in [6.45, 7) is 6.35. The van der Waals surface area contributed by atoms with Gasteiger partial charge in [-0.15, -0.1) is 0 Å². The second-order valence-electron chi connectivity index (χ2n) is 6.66. The van der Waals surface area contributed by atoms with E-state index in [0.29, 0.717) is 11.5 Å². The molecule has 0 saturated carbocycles. The molecular formula is C17H22ClN3O. The van der Waals surface area contributed by atoms with Gasteiger partial charge in [-0.3, -0.25) is 10.00 Å². The van der Waals surface area contributed by atoms with E-state index in [1.54, 1.807) is 0 Å². The number of H-pyrrole nitrogens is 1. The first-order valence-electron chi connectivity index (χ1n) is 8.17. The number of hydrogen-bond donors (Lipinski definition) is 1. The van der Waals surface area contributed by atoms with Crippen LogP contribution in [0.1, 0.15) is 37.7 Å². The fourth-order valence-electron chi connectivity index (χ4n) is 3.91. The summed E-state index contributed by atoms with van der Waals surface area (Å²) in [6, 6.07) is 4.22. The van der Waals surface area contributed by atoms with Crippen LogP contribution in [-0.4, -0.2) is 46.9 Å². The van der Waals surface area contributed by atoms with Crippen molar-refractivity contribution in [1.29, 1.82) is 0 Å². The van der Waals surface area contributed by atoms with Crippen LogP contribution in [0.15, 0.2) is 18.3 Å². The average molecular weight is 320 g/mol. The molecule has 2 aliphatic heterocycles. The van der Waals surface area contributed by atoms with Crippen molar-refractivity contribution in [3.8, 4) is 0 Å². The zero-order chi connectivity index (χ0) is 15.2. The normalized spacial score (nSPS) is 22.8. The van der Waals surface area contributed by atoms with Crippen molar-refractivity contribution in [3.05, 3.63) is 28.9 Å². The second-order valence-corrected chi connectivity index (χ2v) is 7.07. The Balaban J connectivity index is 1.51. The summed E-state index contributed by atoms with van der Waals surface area (Å²) in [5, 5.41) is 9.11. The van der Waals surface area contributed by atoms with Crippen molar-refractivity contribution in [3.63, 3.8) is 0 Å². The standard InChI is InChI=1S/C17H22ClN3O/c1-2-17(10-22-11-17)21-5-3-12(4-6-21)14-8-16-13(7-15(14)18)9-19-20-16/h7-9,12H,2-6,10-11H2,1H3,(H,19,20). The third-order valence-corrected chi connectivity index (χ3v) is 5.89. The van der Waals surface area contributed by atoms with Crippen LogP contribution in [0.5, 0.6) is 0 Å². The lowest BCUT2D eigenvalue weighted by Gasteiger charge is -2.51. The third-order valence-electron chi connectivity index (χ3n) is 5.56. The van der Waals surface area contributed by atoms with Crippen molar-refractivity contribution in [1.82, 2.24) is 15.1 Å². The van der Waals surface area contributed by atoms with Gasteiger partial charge in [0.2, 0.25) is 0 Å². The van der Waals surface area contributed by atoms with E-state index >= 15 is 0 Å². The quantitative estimate of drug-likeness (QED) is 0.940. The molecule has 4 rings (SSSR count). The van der Waals surface area contributed by atoms with Crippen molar-refractivity contribution in [2.45, 2.75) is 37.6 Å². The van der Waals surface area contributed by atoms with Gasteiger partial charge in [0.1, 0.15) is 0 Å². The molecule has 0 atom stereocenters. The number of halogens is 1. The van der Waals surface area contributed by atoms with Gasteiger partial charge in [0.05, 0.1) is 30.5 Å². The topological polar surface area (TPSA) is 41.2 Å². The zero-order valence-corrected chi connectivity index (χ0v) is 13.7. The molecule has 5 heteroatoms. The Hall–Kier alpha value is -1.10. The van der Waals surface area contributed by atoms with E-state index in [1.807, 2.05) is 12.3 Å². The Kier molecular flexibility index (Phi) is 3.63. The monoisotopic (exact) mass is 319 g/mol. The SMILES string of the molecule is CCC1(N2CCC(c3cc4[nH]ncc4cc3Cl)CC2)COC1. The van der Waals surface area contributed by atoms with E-state index in [1.165, 1.54) is 24.8 Å². The van der Waals surface area contributed by atoms with Crippen molar-refractivity contribution < 1.29 is 4.74 Å². The number of nitrogens with one attached hydrogen (secondary N) is 1. The summed E-state index contributed by atoms with van der Waals surface area (Å²) in [7, 11) is 0. The number of hydrogen-bond acceptors (Lipinski definition) is 3. The fourth-order valence-corrected chi connectivity index (χ4v) is 4.23. The number of rotatable bonds is 3. The van der Waals surface area contributed by atoms with E-state index in [-0.39, 0.29) is 0 Å². The Bertz CT molecular complexity index is 666. The molecule has 0 radical (unpaired) electrons. The molecule has 0 bridgehead atoms. The molecule has 0 unspecified atom stereocenters. The van der Waals surface area contributed by atoms with Gasteiger partial charge in [-0.05, 0) is 56.0 Å². The van der Waals surface area contributed by atoms with Crippen LogP contribution in [0.2, 0.25) is 5.02 Å². The molecule has 0 spiro atoms. The molecule has 0 amide bonds. The molecule has 1 aromatic heterocycles. The first kappa shape index (κ1) is 14.5. The lowest BCUT2D eigenvalue weighted by atomic mass is 9.84. The Morgan fingerprint density at radius 2 is 2.14 bits per heavy atom. The molecular weight excluding hydrogens is 298 g/mol. The predicted molar refractivity (Wildman–Crippen MR) is 88.5 cm³/mol. The maximum absolute atomic E-state index is 6.51. The van der Waals surface area contributed by atoms with Crippen molar-refractivity contribution >= 4 is 22.5 Å². The number of nitrogens with zero attached hydrogens (tertiary/aromatic N) is 2. The van der Waals surface area contributed by atoms with Gasteiger partial charge in [-0.25, -0.2) is 0 Å². The lowest BCUT2D eigenvalue weighted by Crippen LogP contribution is -2.63. The predicted octanol–water partition coefficient (Wildman–Crippen LogP) is 3.57. The average Bonchev–Trinajstić information content (AvgIpc) is 2.94. The highest BCUT2D eigenvalue weighted by molar-refractivity contribution is 6.32. The van der Waals surface area contributed by atoms with Crippen molar-refractivity contribution in [2.24, 2.45) is 0 Å². The van der Waals surface area contributed by atoms with Crippen LogP contribution in [0.25, 0.3) is 10.9 Å². The highest BCUT2D eigenvalue weighted by Gasteiger charge is 2.43. The molecule has 1 N–H and O–H groups in total. The molecule has 4 nitrogen and oxygen atoms in total. The number of aromatic nitrogens is 2. The van der Waals surface area contributed by atoms with E-state index in [2.05, 4.69) is 28.1 Å². The largest absolute Gasteiger partial charge is 0.377 e.